The molecule has 2 rings (SSSR count). The van der Waals surface area contributed by atoms with Gasteiger partial charge in [-0.3, -0.25) is 0 Å². The van der Waals surface area contributed by atoms with Gasteiger partial charge in [-0.2, -0.15) is 0 Å². The first-order chi connectivity index (χ1) is 7.43. The molecular weight excluding hydrogens is 226 g/mol. The number of rotatable bonds is 2. The zero-order valence-corrected chi connectivity index (χ0v) is 10.8. The van der Waals surface area contributed by atoms with E-state index in [9.17, 15) is 8.42 Å². The van der Waals surface area contributed by atoms with Gasteiger partial charge in [0.2, 0.25) is 0 Å². The molecule has 1 N–H and O–H groups in total. The summed E-state index contributed by atoms with van der Waals surface area (Å²) in [5, 5.41) is 3.28. The summed E-state index contributed by atoms with van der Waals surface area (Å²) in [5.41, 5.74) is 0. The third-order valence-corrected chi connectivity index (χ3v) is 6.51. The van der Waals surface area contributed by atoms with Crippen molar-refractivity contribution in [3.63, 3.8) is 0 Å². The second-order valence-electron chi connectivity index (χ2n) is 5.29. The molecule has 0 radical (unpaired) electrons. The molecule has 0 aromatic carbocycles. The average molecular weight is 247 g/mol. The number of hydrogen-bond acceptors (Lipinski definition) is 4. The van der Waals surface area contributed by atoms with Crippen LogP contribution in [-0.2, 0) is 14.6 Å². The van der Waals surface area contributed by atoms with Crippen molar-refractivity contribution in [1.29, 1.82) is 0 Å². The molecule has 0 aliphatic carbocycles. The first-order valence-electron chi connectivity index (χ1n) is 6.02. The van der Waals surface area contributed by atoms with Gasteiger partial charge in [-0.05, 0) is 46.2 Å². The van der Waals surface area contributed by atoms with Crippen LogP contribution in [0.1, 0.15) is 33.1 Å². The van der Waals surface area contributed by atoms with Gasteiger partial charge >= 0.3 is 0 Å². The molecule has 2 saturated heterocycles. The van der Waals surface area contributed by atoms with Crippen LogP contribution in [0.5, 0.6) is 0 Å². The highest BCUT2D eigenvalue weighted by molar-refractivity contribution is 7.93. The summed E-state index contributed by atoms with van der Waals surface area (Å²) in [6.45, 7) is 5.54. The van der Waals surface area contributed by atoms with Gasteiger partial charge in [0.05, 0.1) is 22.7 Å². The van der Waals surface area contributed by atoms with Crippen molar-refractivity contribution in [2.75, 3.05) is 18.8 Å². The smallest absolute Gasteiger partial charge is 0.158 e. The predicted molar refractivity (Wildman–Crippen MR) is 63.2 cm³/mol. The molecule has 2 heterocycles. The van der Waals surface area contributed by atoms with Gasteiger partial charge in [-0.15, -0.1) is 0 Å². The van der Waals surface area contributed by atoms with Crippen LogP contribution in [-0.4, -0.2) is 44.2 Å². The fourth-order valence-electron chi connectivity index (χ4n) is 2.47. The topological polar surface area (TPSA) is 55.4 Å². The molecule has 0 amide bonds. The van der Waals surface area contributed by atoms with Crippen molar-refractivity contribution in [2.24, 2.45) is 0 Å². The van der Waals surface area contributed by atoms with Gasteiger partial charge < -0.3 is 10.1 Å². The summed E-state index contributed by atoms with van der Waals surface area (Å²) in [6, 6.07) is 0. The number of hydrogen-bond donors (Lipinski definition) is 1. The summed E-state index contributed by atoms with van der Waals surface area (Å²) in [6.07, 6.45) is 2.75. The summed E-state index contributed by atoms with van der Waals surface area (Å²) >= 11 is 0. The summed E-state index contributed by atoms with van der Waals surface area (Å²) < 4.78 is 29.0. The second kappa shape index (κ2) is 4.27. The third kappa shape index (κ3) is 2.13. The summed E-state index contributed by atoms with van der Waals surface area (Å²) in [4.78, 5) is 0. The third-order valence-electron chi connectivity index (χ3n) is 3.87. The number of ether oxygens (including phenoxy) is 1. The van der Waals surface area contributed by atoms with Gasteiger partial charge in [0.15, 0.2) is 9.84 Å². The maximum absolute atomic E-state index is 11.8. The van der Waals surface area contributed by atoms with Crippen molar-refractivity contribution < 1.29 is 13.2 Å². The van der Waals surface area contributed by atoms with Crippen molar-refractivity contribution in [3.8, 4) is 0 Å². The highest BCUT2D eigenvalue weighted by Crippen LogP contribution is 2.35. The van der Waals surface area contributed by atoms with E-state index in [0.29, 0.717) is 6.42 Å². The molecule has 0 bridgehead atoms. The Morgan fingerprint density at radius 2 is 1.81 bits per heavy atom. The number of nitrogens with one attached hydrogen (secondary N) is 1. The molecule has 0 aromatic heterocycles. The molecule has 1 atom stereocenters. The van der Waals surface area contributed by atoms with Crippen LogP contribution in [0.15, 0.2) is 0 Å². The quantitative estimate of drug-likeness (QED) is 0.781. The highest BCUT2D eigenvalue weighted by Gasteiger charge is 2.49. The zero-order valence-electron chi connectivity index (χ0n) is 10.0. The Morgan fingerprint density at radius 1 is 1.19 bits per heavy atom. The first kappa shape index (κ1) is 12.3. The largest absolute Gasteiger partial charge is 0.373 e. The van der Waals surface area contributed by atoms with E-state index >= 15 is 0 Å². The zero-order chi connectivity index (χ0) is 11.8. The Labute approximate surface area is 97.7 Å². The van der Waals surface area contributed by atoms with E-state index in [0.717, 1.165) is 25.9 Å². The highest BCUT2D eigenvalue weighted by atomic mass is 32.2. The predicted octanol–water partition coefficient (Wildman–Crippen LogP) is 0.721. The number of sulfone groups is 1. The lowest BCUT2D eigenvalue weighted by Crippen LogP contribution is -2.43. The SMILES string of the molecule is CC1(C)C(OC2CCNCC2)CCS1(=O)=O. The molecule has 2 fully saturated rings. The van der Waals surface area contributed by atoms with Crippen molar-refractivity contribution >= 4 is 9.84 Å². The van der Waals surface area contributed by atoms with Crippen LogP contribution < -0.4 is 5.32 Å². The van der Waals surface area contributed by atoms with Gasteiger partial charge in [0, 0.05) is 0 Å². The fraction of sp³-hybridized carbons (Fsp3) is 1.00. The minimum absolute atomic E-state index is 0.124. The van der Waals surface area contributed by atoms with E-state index in [-0.39, 0.29) is 18.0 Å². The second-order valence-corrected chi connectivity index (χ2v) is 7.98. The molecule has 16 heavy (non-hydrogen) atoms. The Hall–Kier alpha value is -0.130. The van der Waals surface area contributed by atoms with Crippen LogP contribution >= 0.6 is 0 Å². The van der Waals surface area contributed by atoms with Crippen molar-refractivity contribution in [2.45, 2.75) is 50.1 Å². The van der Waals surface area contributed by atoms with Gasteiger partial charge in [0.1, 0.15) is 0 Å². The normalized spacial score (nSPS) is 34.0. The standard InChI is InChI=1S/C11H21NO3S/c1-11(2)10(5-8-16(11,13)14)15-9-3-6-12-7-4-9/h9-10,12H,3-8H2,1-2H3. The minimum atomic E-state index is -2.97. The molecule has 0 spiro atoms. The minimum Gasteiger partial charge on any atom is -0.373 e. The molecule has 2 aliphatic heterocycles. The first-order valence-corrected chi connectivity index (χ1v) is 7.67. The maximum atomic E-state index is 11.8. The average Bonchev–Trinajstić information content (AvgIpc) is 2.43. The van der Waals surface area contributed by atoms with Gasteiger partial charge in [0.25, 0.3) is 0 Å². The molecule has 0 aromatic rings. The molecule has 5 heteroatoms. The van der Waals surface area contributed by atoms with Crippen molar-refractivity contribution in [3.05, 3.63) is 0 Å². The van der Waals surface area contributed by atoms with E-state index in [1.807, 2.05) is 0 Å². The Kier molecular flexibility index (Phi) is 3.29. The van der Waals surface area contributed by atoms with Crippen LogP contribution in [0.3, 0.4) is 0 Å². The summed E-state index contributed by atoms with van der Waals surface area (Å²) in [5.74, 6) is 0.273. The Morgan fingerprint density at radius 3 is 2.31 bits per heavy atom. The lowest BCUT2D eigenvalue weighted by Gasteiger charge is -2.31. The fourth-order valence-corrected chi connectivity index (χ4v) is 4.09. The Bertz CT molecular complexity index is 344. The molecule has 4 nitrogen and oxygen atoms in total. The lowest BCUT2D eigenvalue weighted by atomic mass is 10.0. The molecule has 0 saturated carbocycles. The van der Waals surface area contributed by atoms with E-state index in [2.05, 4.69) is 5.32 Å². The van der Waals surface area contributed by atoms with Crippen molar-refractivity contribution in [1.82, 2.24) is 5.32 Å². The lowest BCUT2D eigenvalue weighted by molar-refractivity contribution is -0.0374. The van der Waals surface area contributed by atoms with E-state index in [4.69, 9.17) is 4.74 Å². The van der Waals surface area contributed by atoms with Crippen LogP contribution in [0, 0.1) is 0 Å². The van der Waals surface area contributed by atoms with E-state index in [1.54, 1.807) is 13.8 Å². The van der Waals surface area contributed by atoms with E-state index < -0.39 is 14.6 Å². The molecule has 94 valence electrons. The summed E-state index contributed by atoms with van der Waals surface area (Å²) in [7, 11) is -2.97. The molecule has 1 unspecified atom stereocenters. The molecular formula is C11H21NO3S. The van der Waals surface area contributed by atoms with Crippen LogP contribution in [0.2, 0.25) is 0 Å². The monoisotopic (exact) mass is 247 g/mol. The van der Waals surface area contributed by atoms with Crippen LogP contribution in [0.4, 0.5) is 0 Å². The van der Waals surface area contributed by atoms with Crippen LogP contribution in [0.25, 0.3) is 0 Å². The number of piperidine rings is 1. The maximum Gasteiger partial charge on any atom is 0.158 e. The Balaban J connectivity index is 2.01. The van der Waals surface area contributed by atoms with Gasteiger partial charge in [-0.25, -0.2) is 8.42 Å². The van der Waals surface area contributed by atoms with Gasteiger partial charge in [-0.1, -0.05) is 0 Å². The van der Waals surface area contributed by atoms with E-state index in [1.165, 1.54) is 0 Å². The molecule has 2 aliphatic rings.